The molecule has 0 fully saturated rings. The van der Waals surface area contributed by atoms with Gasteiger partial charge in [0.2, 0.25) is 0 Å². The highest BCUT2D eigenvalue weighted by molar-refractivity contribution is 6.04. The summed E-state index contributed by atoms with van der Waals surface area (Å²) in [4.78, 5) is 47.7. The Hall–Kier alpha value is -3.94. The van der Waals surface area contributed by atoms with Crippen molar-refractivity contribution in [1.82, 2.24) is 5.32 Å². The van der Waals surface area contributed by atoms with Gasteiger partial charge in [-0.2, -0.15) is 0 Å². The lowest BCUT2D eigenvalue weighted by Gasteiger charge is -2.08. The second-order valence-corrected chi connectivity index (χ2v) is 5.76. The van der Waals surface area contributed by atoms with Crippen molar-refractivity contribution in [3.63, 3.8) is 0 Å². The maximum Gasteiger partial charge on any atom is 0.325 e. The molecule has 0 unspecified atom stereocenters. The zero-order valence-corrected chi connectivity index (χ0v) is 14.9. The second kappa shape index (κ2) is 8.17. The summed E-state index contributed by atoms with van der Waals surface area (Å²) in [5.41, 5.74) is 0.534. The van der Waals surface area contributed by atoms with E-state index in [-0.39, 0.29) is 23.3 Å². The number of ether oxygens (including phenoxy) is 1. The fraction of sp³-hybridized carbons (Fsp3) is 0.100. The number of rotatable bonds is 5. The number of hydrogen-bond acceptors (Lipinski definition) is 6. The van der Waals surface area contributed by atoms with Crippen LogP contribution >= 0.6 is 0 Å². The van der Waals surface area contributed by atoms with Gasteiger partial charge in [-0.3, -0.25) is 19.2 Å². The highest BCUT2D eigenvalue weighted by Crippen LogP contribution is 2.15. The van der Waals surface area contributed by atoms with Crippen LogP contribution in [0, 0.1) is 0 Å². The van der Waals surface area contributed by atoms with E-state index in [0.717, 1.165) is 6.07 Å². The van der Waals surface area contributed by atoms with E-state index in [2.05, 4.69) is 15.4 Å². The van der Waals surface area contributed by atoms with Gasteiger partial charge in [-0.15, -0.1) is 0 Å². The summed E-state index contributed by atoms with van der Waals surface area (Å²) in [6, 6.07) is 13.8. The first-order chi connectivity index (χ1) is 13.5. The minimum Gasteiger partial charge on any atom is -0.468 e. The Kier molecular flexibility index (Phi) is 5.50. The van der Waals surface area contributed by atoms with Gasteiger partial charge in [-0.1, -0.05) is 18.2 Å². The number of anilines is 1. The molecule has 3 aromatic rings. The maximum atomic E-state index is 12.4. The summed E-state index contributed by atoms with van der Waals surface area (Å²) in [7, 11) is 1.22. The Balaban J connectivity index is 1.77. The van der Waals surface area contributed by atoms with E-state index in [0.29, 0.717) is 16.7 Å². The van der Waals surface area contributed by atoms with E-state index in [1.54, 1.807) is 36.4 Å². The number of fused-ring (bicyclic) bond motifs is 1. The van der Waals surface area contributed by atoms with Crippen LogP contribution in [-0.2, 0) is 9.53 Å². The molecule has 0 atom stereocenters. The van der Waals surface area contributed by atoms with Gasteiger partial charge in [0.05, 0.1) is 12.5 Å². The van der Waals surface area contributed by atoms with Crippen molar-refractivity contribution in [3.8, 4) is 0 Å². The lowest BCUT2D eigenvalue weighted by Crippen LogP contribution is -2.30. The highest BCUT2D eigenvalue weighted by Gasteiger charge is 2.14. The maximum absolute atomic E-state index is 12.4. The first kappa shape index (κ1) is 18.8. The number of carbonyl (C=O) groups is 3. The van der Waals surface area contributed by atoms with Crippen LogP contribution in [-0.4, -0.2) is 31.4 Å². The molecule has 0 radical (unpaired) electrons. The quantitative estimate of drug-likeness (QED) is 0.654. The zero-order chi connectivity index (χ0) is 20.1. The molecule has 28 heavy (non-hydrogen) atoms. The van der Waals surface area contributed by atoms with Crippen LogP contribution < -0.4 is 16.1 Å². The number of amides is 2. The molecule has 142 valence electrons. The van der Waals surface area contributed by atoms with E-state index in [9.17, 15) is 19.2 Å². The van der Waals surface area contributed by atoms with Gasteiger partial charge < -0.3 is 19.8 Å². The van der Waals surface area contributed by atoms with Crippen LogP contribution in [0.3, 0.4) is 0 Å². The molecule has 1 heterocycles. The average molecular weight is 380 g/mol. The Bertz CT molecular complexity index is 1120. The fourth-order valence-corrected chi connectivity index (χ4v) is 2.47. The third-order valence-electron chi connectivity index (χ3n) is 3.86. The summed E-state index contributed by atoms with van der Waals surface area (Å²) in [6.45, 7) is -0.270. The summed E-state index contributed by atoms with van der Waals surface area (Å²) < 4.78 is 9.94. The van der Waals surface area contributed by atoms with Crippen LogP contribution in [0.1, 0.15) is 20.9 Å². The number of carbonyl (C=O) groups excluding carboxylic acids is 3. The zero-order valence-electron chi connectivity index (χ0n) is 14.9. The van der Waals surface area contributed by atoms with E-state index in [1.165, 1.54) is 19.2 Å². The van der Waals surface area contributed by atoms with Crippen molar-refractivity contribution in [2.24, 2.45) is 0 Å². The summed E-state index contributed by atoms with van der Waals surface area (Å²) in [6.07, 6.45) is 0. The van der Waals surface area contributed by atoms with Crippen LogP contribution in [0.25, 0.3) is 11.0 Å². The Morgan fingerprint density at radius 1 is 1.00 bits per heavy atom. The first-order valence-corrected chi connectivity index (χ1v) is 8.27. The molecule has 8 heteroatoms. The molecule has 2 aromatic carbocycles. The lowest BCUT2D eigenvalue weighted by atomic mass is 10.2. The monoisotopic (exact) mass is 380 g/mol. The Morgan fingerprint density at radius 2 is 1.79 bits per heavy atom. The predicted octanol–water partition coefficient (Wildman–Crippen LogP) is 1.95. The SMILES string of the molecule is COC(=O)CNC(=O)c1cccc(NC(=O)c2cc(=O)c3ccccc3o2)c1. The number of benzene rings is 2. The lowest BCUT2D eigenvalue weighted by molar-refractivity contribution is -0.139. The van der Waals surface area contributed by atoms with E-state index in [1.807, 2.05) is 0 Å². The van der Waals surface area contributed by atoms with Gasteiger partial charge in [0, 0.05) is 17.3 Å². The standard InChI is InChI=1S/C20H16N2O6/c1-27-18(24)11-21-19(25)12-5-4-6-13(9-12)22-20(26)17-10-15(23)14-7-2-3-8-16(14)28-17/h2-10H,11H2,1H3,(H,21,25)(H,22,26). The largest absolute Gasteiger partial charge is 0.468 e. The van der Waals surface area contributed by atoms with Gasteiger partial charge >= 0.3 is 5.97 Å². The van der Waals surface area contributed by atoms with Gasteiger partial charge in [0.15, 0.2) is 11.2 Å². The molecular formula is C20H16N2O6. The Morgan fingerprint density at radius 3 is 2.57 bits per heavy atom. The molecule has 0 saturated carbocycles. The Labute approximate surface area is 159 Å². The van der Waals surface area contributed by atoms with Crippen molar-refractivity contribution < 1.29 is 23.5 Å². The van der Waals surface area contributed by atoms with Crippen molar-refractivity contribution in [2.45, 2.75) is 0 Å². The first-order valence-electron chi connectivity index (χ1n) is 8.27. The highest BCUT2D eigenvalue weighted by atomic mass is 16.5. The van der Waals surface area contributed by atoms with E-state index in [4.69, 9.17) is 4.42 Å². The van der Waals surface area contributed by atoms with Gasteiger partial charge in [0.1, 0.15) is 12.1 Å². The molecule has 0 spiro atoms. The third-order valence-corrected chi connectivity index (χ3v) is 3.86. The smallest absolute Gasteiger partial charge is 0.325 e. The van der Waals surface area contributed by atoms with Crippen LogP contribution in [0.15, 0.2) is 63.8 Å². The topological polar surface area (TPSA) is 115 Å². The fourth-order valence-electron chi connectivity index (χ4n) is 2.47. The molecule has 0 aliphatic heterocycles. The molecule has 2 N–H and O–H groups in total. The van der Waals surface area contributed by atoms with E-state index < -0.39 is 17.8 Å². The van der Waals surface area contributed by atoms with Crippen molar-refractivity contribution >= 4 is 34.4 Å². The number of esters is 1. The molecular weight excluding hydrogens is 364 g/mol. The van der Waals surface area contributed by atoms with E-state index >= 15 is 0 Å². The van der Waals surface area contributed by atoms with Crippen molar-refractivity contribution in [3.05, 3.63) is 76.1 Å². The third kappa shape index (κ3) is 4.24. The number of methoxy groups -OCH3 is 1. The molecule has 2 amide bonds. The van der Waals surface area contributed by atoms with Crippen LogP contribution in [0.4, 0.5) is 5.69 Å². The molecule has 8 nitrogen and oxygen atoms in total. The minimum atomic E-state index is -0.630. The molecule has 0 saturated heterocycles. The summed E-state index contributed by atoms with van der Waals surface area (Å²) in [5.74, 6) is -1.86. The molecule has 0 aliphatic rings. The molecule has 3 rings (SSSR count). The number of para-hydroxylation sites is 1. The van der Waals surface area contributed by atoms with Gasteiger partial charge in [-0.05, 0) is 30.3 Å². The van der Waals surface area contributed by atoms with Crippen molar-refractivity contribution in [2.75, 3.05) is 19.0 Å². The van der Waals surface area contributed by atoms with Crippen molar-refractivity contribution in [1.29, 1.82) is 0 Å². The molecule has 0 aliphatic carbocycles. The second-order valence-electron chi connectivity index (χ2n) is 5.76. The van der Waals surface area contributed by atoms with Gasteiger partial charge in [0.25, 0.3) is 11.8 Å². The van der Waals surface area contributed by atoms with Crippen LogP contribution in [0.2, 0.25) is 0 Å². The minimum absolute atomic E-state index is 0.149. The summed E-state index contributed by atoms with van der Waals surface area (Å²) >= 11 is 0. The predicted molar refractivity (Wildman–Crippen MR) is 101 cm³/mol. The summed E-state index contributed by atoms with van der Waals surface area (Å²) in [5, 5.41) is 5.36. The van der Waals surface area contributed by atoms with Gasteiger partial charge in [-0.25, -0.2) is 0 Å². The molecule has 1 aromatic heterocycles. The molecule has 0 bridgehead atoms. The number of hydrogen-bond donors (Lipinski definition) is 2. The normalized spacial score (nSPS) is 10.3. The van der Waals surface area contributed by atoms with Crippen LogP contribution in [0.5, 0.6) is 0 Å². The number of nitrogens with one attached hydrogen (secondary N) is 2. The average Bonchev–Trinajstić information content (AvgIpc) is 2.71.